The lowest BCUT2D eigenvalue weighted by atomic mass is 10.2. The summed E-state index contributed by atoms with van der Waals surface area (Å²) < 4.78 is 5.95. The standard InChI is InChI=1S/C17H15BrN2O4/c18-13-6-9-15(16(10-13)20(22)23)19(14-7-8-14)17(21)24-11-12-4-2-1-3-5-12/h1-6,9-10,14H,7-8,11H2. The summed E-state index contributed by atoms with van der Waals surface area (Å²) in [6.45, 7) is 0.132. The molecule has 0 atom stereocenters. The minimum absolute atomic E-state index is 0.0480. The van der Waals surface area contributed by atoms with E-state index in [0.717, 1.165) is 18.4 Å². The zero-order valence-corrected chi connectivity index (χ0v) is 14.3. The van der Waals surface area contributed by atoms with Crippen LogP contribution in [0.15, 0.2) is 53.0 Å². The van der Waals surface area contributed by atoms with E-state index in [1.165, 1.54) is 11.0 Å². The topological polar surface area (TPSA) is 72.7 Å². The van der Waals surface area contributed by atoms with Crippen molar-refractivity contribution in [2.24, 2.45) is 0 Å². The third-order valence-electron chi connectivity index (χ3n) is 3.71. The summed E-state index contributed by atoms with van der Waals surface area (Å²) in [4.78, 5) is 24.8. The van der Waals surface area contributed by atoms with Gasteiger partial charge in [-0.1, -0.05) is 46.3 Å². The van der Waals surface area contributed by atoms with Crippen LogP contribution in [0.1, 0.15) is 18.4 Å². The molecule has 1 amide bonds. The number of carbonyl (C=O) groups is 1. The monoisotopic (exact) mass is 390 g/mol. The molecule has 0 N–H and O–H groups in total. The molecule has 1 aliphatic carbocycles. The highest BCUT2D eigenvalue weighted by Gasteiger charge is 2.38. The lowest BCUT2D eigenvalue weighted by Crippen LogP contribution is -2.34. The summed E-state index contributed by atoms with van der Waals surface area (Å²) in [5, 5.41) is 11.3. The van der Waals surface area contributed by atoms with Crippen molar-refractivity contribution >= 4 is 33.4 Å². The van der Waals surface area contributed by atoms with E-state index < -0.39 is 11.0 Å². The quantitative estimate of drug-likeness (QED) is 0.549. The Morgan fingerprint density at radius 2 is 1.96 bits per heavy atom. The molecule has 1 aliphatic rings. The van der Waals surface area contributed by atoms with Gasteiger partial charge in [0, 0.05) is 16.6 Å². The maximum absolute atomic E-state index is 12.5. The van der Waals surface area contributed by atoms with Gasteiger partial charge in [-0.2, -0.15) is 0 Å². The number of nitro groups is 1. The van der Waals surface area contributed by atoms with Crippen LogP contribution in [0.5, 0.6) is 0 Å². The maximum Gasteiger partial charge on any atom is 0.415 e. The lowest BCUT2D eigenvalue weighted by Gasteiger charge is -2.21. The fourth-order valence-corrected chi connectivity index (χ4v) is 2.76. The Morgan fingerprint density at radius 3 is 2.58 bits per heavy atom. The molecule has 1 saturated carbocycles. The van der Waals surface area contributed by atoms with E-state index in [1.54, 1.807) is 12.1 Å². The molecule has 24 heavy (non-hydrogen) atoms. The molecule has 7 heteroatoms. The Labute approximate surface area is 147 Å². The zero-order valence-electron chi connectivity index (χ0n) is 12.7. The Balaban J connectivity index is 1.82. The molecule has 2 aromatic carbocycles. The normalized spacial score (nSPS) is 13.4. The highest BCUT2D eigenvalue weighted by molar-refractivity contribution is 9.10. The van der Waals surface area contributed by atoms with Crippen LogP contribution in [0.2, 0.25) is 0 Å². The molecule has 2 aromatic rings. The molecule has 6 nitrogen and oxygen atoms in total. The molecule has 0 aliphatic heterocycles. The average molecular weight is 391 g/mol. The number of carbonyl (C=O) groups excluding carboxylic acids is 1. The second-order valence-corrected chi connectivity index (χ2v) is 6.45. The third-order valence-corrected chi connectivity index (χ3v) is 4.20. The largest absolute Gasteiger partial charge is 0.444 e. The van der Waals surface area contributed by atoms with Crippen molar-refractivity contribution in [1.82, 2.24) is 0 Å². The summed E-state index contributed by atoms with van der Waals surface area (Å²) in [5.74, 6) is 0. The fourth-order valence-electron chi connectivity index (χ4n) is 2.41. The van der Waals surface area contributed by atoms with E-state index in [4.69, 9.17) is 4.74 Å². The van der Waals surface area contributed by atoms with Gasteiger partial charge in [0.05, 0.1) is 4.92 Å². The second-order valence-electron chi connectivity index (χ2n) is 5.53. The molecular weight excluding hydrogens is 376 g/mol. The molecular formula is C17H15BrN2O4. The first kappa shape index (κ1) is 16.4. The van der Waals surface area contributed by atoms with Gasteiger partial charge in [-0.15, -0.1) is 0 Å². The fraction of sp³-hybridized carbons (Fsp3) is 0.235. The van der Waals surface area contributed by atoms with E-state index in [1.807, 2.05) is 30.3 Å². The summed E-state index contributed by atoms with van der Waals surface area (Å²) in [6.07, 6.45) is 1.06. The highest BCUT2D eigenvalue weighted by Crippen LogP contribution is 2.38. The van der Waals surface area contributed by atoms with Crippen LogP contribution in [0, 0.1) is 10.1 Å². The summed E-state index contributed by atoms with van der Waals surface area (Å²) >= 11 is 3.23. The van der Waals surface area contributed by atoms with Crippen LogP contribution in [0.4, 0.5) is 16.2 Å². The van der Waals surface area contributed by atoms with Gasteiger partial charge in [-0.05, 0) is 30.5 Å². The van der Waals surface area contributed by atoms with Crippen LogP contribution >= 0.6 is 15.9 Å². The first-order chi connectivity index (χ1) is 11.6. The number of hydrogen-bond donors (Lipinski definition) is 0. The number of anilines is 1. The lowest BCUT2D eigenvalue weighted by molar-refractivity contribution is -0.384. The number of amides is 1. The van der Waals surface area contributed by atoms with Crippen molar-refractivity contribution in [3.63, 3.8) is 0 Å². The minimum atomic E-state index is -0.563. The molecule has 0 spiro atoms. The number of ether oxygens (including phenoxy) is 1. The Kier molecular flexibility index (Phi) is 4.80. The van der Waals surface area contributed by atoms with E-state index >= 15 is 0 Å². The molecule has 0 aromatic heterocycles. The van der Waals surface area contributed by atoms with E-state index in [0.29, 0.717) is 4.47 Å². The van der Waals surface area contributed by atoms with Gasteiger partial charge >= 0.3 is 6.09 Å². The Hall–Kier alpha value is -2.41. The first-order valence-corrected chi connectivity index (χ1v) is 8.29. The van der Waals surface area contributed by atoms with Crippen molar-refractivity contribution in [3.8, 4) is 0 Å². The Bertz CT molecular complexity index is 762. The van der Waals surface area contributed by atoms with Crippen molar-refractivity contribution in [3.05, 3.63) is 68.7 Å². The number of rotatable bonds is 5. The molecule has 1 fully saturated rings. The summed E-state index contributed by atoms with van der Waals surface area (Å²) in [6, 6.07) is 13.9. The SMILES string of the molecule is O=C(OCc1ccccc1)N(c1ccc(Br)cc1[N+](=O)[O-])C1CC1. The third kappa shape index (κ3) is 3.73. The predicted octanol–water partition coefficient (Wildman–Crippen LogP) is 4.66. The van der Waals surface area contributed by atoms with Gasteiger partial charge in [0.1, 0.15) is 12.3 Å². The number of nitrogens with zero attached hydrogens (tertiary/aromatic N) is 2. The second kappa shape index (κ2) is 7.00. The van der Waals surface area contributed by atoms with Crippen LogP contribution < -0.4 is 4.90 Å². The minimum Gasteiger partial charge on any atom is -0.444 e. The first-order valence-electron chi connectivity index (χ1n) is 7.50. The van der Waals surface area contributed by atoms with Crippen LogP contribution in [-0.2, 0) is 11.3 Å². The number of benzene rings is 2. The number of nitro benzene ring substituents is 1. The van der Waals surface area contributed by atoms with Gasteiger partial charge in [0.25, 0.3) is 5.69 Å². The smallest absolute Gasteiger partial charge is 0.415 e. The van der Waals surface area contributed by atoms with Gasteiger partial charge in [-0.3, -0.25) is 15.0 Å². The summed E-state index contributed by atoms with van der Waals surface area (Å²) in [7, 11) is 0. The van der Waals surface area contributed by atoms with Gasteiger partial charge < -0.3 is 4.74 Å². The Morgan fingerprint density at radius 1 is 1.25 bits per heavy atom. The average Bonchev–Trinajstić information content (AvgIpc) is 3.40. The zero-order chi connectivity index (χ0) is 17.1. The van der Waals surface area contributed by atoms with Gasteiger partial charge in [0.2, 0.25) is 0 Å². The van der Waals surface area contributed by atoms with Gasteiger partial charge in [-0.25, -0.2) is 4.79 Å². The number of halogens is 1. The predicted molar refractivity (Wildman–Crippen MR) is 92.9 cm³/mol. The van der Waals surface area contributed by atoms with Gasteiger partial charge in [0.15, 0.2) is 0 Å². The van der Waals surface area contributed by atoms with Crippen molar-refractivity contribution in [1.29, 1.82) is 0 Å². The van der Waals surface area contributed by atoms with Crippen molar-refractivity contribution in [2.75, 3.05) is 4.90 Å². The molecule has 0 radical (unpaired) electrons. The van der Waals surface area contributed by atoms with Crippen molar-refractivity contribution in [2.45, 2.75) is 25.5 Å². The van der Waals surface area contributed by atoms with Crippen LogP contribution in [-0.4, -0.2) is 17.1 Å². The molecule has 3 rings (SSSR count). The van der Waals surface area contributed by atoms with E-state index in [2.05, 4.69) is 15.9 Å². The molecule has 124 valence electrons. The number of hydrogen-bond acceptors (Lipinski definition) is 4. The molecule has 0 saturated heterocycles. The molecule has 0 unspecified atom stereocenters. The maximum atomic E-state index is 12.5. The van der Waals surface area contributed by atoms with E-state index in [-0.39, 0.29) is 24.0 Å². The van der Waals surface area contributed by atoms with E-state index in [9.17, 15) is 14.9 Å². The molecule has 0 heterocycles. The molecule has 0 bridgehead atoms. The van der Waals surface area contributed by atoms with Crippen LogP contribution in [0.25, 0.3) is 0 Å². The summed E-state index contributed by atoms with van der Waals surface area (Å²) in [5.41, 5.74) is 1.02. The highest BCUT2D eigenvalue weighted by atomic mass is 79.9. The van der Waals surface area contributed by atoms with Crippen molar-refractivity contribution < 1.29 is 14.5 Å². The van der Waals surface area contributed by atoms with Crippen LogP contribution in [0.3, 0.4) is 0 Å².